The summed E-state index contributed by atoms with van der Waals surface area (Å²) in [7, 11) is 0. The van der Waals surface area contributed by atoms with Crippen LogP contribution in [0.15, 0.2) is 41.3 Å². The quantitative estimate of drug-likeness (QED) is 0.319. The Bertz CT molecular complexity index is 803. The molecule has 1 atom stereocenters. The van der Waals surface area contributed by atoms with Crippen molar-refractivity contribution in [2.24, 2.45) is 0 Å². The van der Waals surface area contributed by atoms with Crippen LogP contribution in [0.3, 0.4) is 0 Å². The van der Waals surface area contributed by atoms with Crippen LogP contribution in [-0.4, -0.2) is 16.6 Å². The third-order valence-electron chi connectivity index (χ3n) is 3.30. The first-order valence-electron chi connectivity index (χ1n) is 7.09. The number of non-ortho nitro benzene ring substituents is 1. The molecule has 0 spiro atoms. The van der Waals surface area contributed by atoms with Gasteiger partial charge in [0.25, 0.3) is 5.69 Å². The maximum Gasteiger partial charge on any atom is 0.269 e. The monoisotopic (exact) mass is 402 g/mol. The number of benzene rings is 2. The summed E-state index contributed by atoms with van der Waals surface area (Å²) in [5.41, 5.74) is 0.416. The van der Waals surface area contributed by atoms with E-state index in [1.165, 1.54) is 36.0 Å². The van der Waals surface area contributed by atoms with E-state index in [0.29, 0.717) is 5.56 Å². The highest BCUT2D eigenvalue weighted by Crippen LogP contribution is 2.29. The molecule has 1 N–H and O–H groups in total. The molecule has 5 nitrogen and oxygen atoms in total. The Balaban J connectivity index is 1.93. The Morgan fingerprint density at radius 2 is 1.92 bits per heavy atom. The lowest BCUT2D eigenvalue weighted by Crippen LogP contribution is -2.28. The third-order valence-corrected chi connectivity index (χ3v) is 4.93. The van der Waals surface area contributed by atoms with Gasteiger partial charge >= 0.3 is 0 Å². The maximum atomic E-state index is 13.6. The molecule has 2 aromatic carbocycles. The summed E-state index contributed by atoms with van der Waals surface area (Å²) in [4.78, 5) is 22.9. The second-order valence-corrected chi connectivity index (χ2v) is 6.98. The second kappa shape index (κ2) is 8.51. The fourth-order valence-electron chi connectivity index (χ4n) is 2.04. The molecule has 0 heterocycles. The molecule has 0 aliphatic carbocycles. The predicted molar refractivity (Wildman–Crippen MR) is 96.8 cm³/mol. The van der Waals surface area contributed by atoms with Crippen LogP contribution in [0.4, 0.5) is 10.1 Å². The first-order valence-corrected chi connectivity index (χ1v) is 8.83. The van der Waals surface area contributed by atoms with E-state index >= 15 is 0 Å². The van der Waals surface area contributed by atoms with Gasteiger partial charge in [0.1, 0.15) is 5.82 Å². The van der Waals surface area contributed by atoms with Crippen LogP contribution in [0.5, 0.6) is 0 Å². The molecule has 0 fully saturated rings. The van der Waals surface area contributed by atoms with Crippen LogP contribution in [0.1, 0.15) is 18.5 Å². The molecule has 0 radical (unpaired) electrons. The fourth-order valence-corrected chi connectivity index (χ4v) is 3.30. The summed E-state index contributed by atoms with van der Waals surface area (Å²) in [5.74, 6) is -0.778. The van der Waals surface area contributed by atoms with Crippen LogP contribution in [0, 0.1) is 15.9 Å². The minimum Gasteiger partial charge on any atom is -0.349 e. The number of thioether (sulfide) groups is 1. The zero-order valence-electron chi connectivity index (χ0n) is 13.0. The van der Waals surface area contributed by atoms with Crippen molar-refractivity contribution in [2.45, 2.75) is 17.9 Å². The maximum absolute atomic E-state index is 13.6. The van der Waals surface area contributed by atoms with E-state index in [-0.39, 0.29) is 27.4 Å². The molecule has 0 aliphatic rings. The van der Waals surface area contributed by atoms with Crippen molar-refractivity contribution < 1.29 is 14.1 Å². The van der Waals surface area contributed by atoms with Gasteiger partial charge in [-0.3, -0.25) is 14.9 Å². The van der Waals surface area contributed by atoms with E-state index < -0.39 is 16.8 Å². The fraction of sp³-hybridized carbons (Fsp3) is 0.188. The van der Waals surface area contributed by atoms with Crippen molar-refractivity contribution in [2.75, 3.05) is 5.75 Å². The summed E-state index contributed by atoms with van der Waals surface area (Å²) >= 11 is 12.9. The van der Waals surface area contributed by atoms with Crippen LogP contribution in [0.25, 0.3) is 0 Å². The average molecular weight is 403 g/mol. The second-order valence-electron chi connectivity index (χ2n) is 5.12. The highest BCUT2D eigenvalue weighted by Gasteiger charge is 2.16. The number of rotatable bonds is 6. The van der Waals surface area contributed by atoms with Crippen LogP contribution in [-0.2, 0) is 4.79 Å². The van der Waals surface area contributed by atoms with Crippen molar-refractivity contribution >= 4 is 46.6 Å². The van der Waals surface area contributed by atoms with Crippen LogP contribution >= 0.6 is 35.0 Å². The molecule has 2 rings (SSSR count). The minimum atomic E-state index is -0.609. The van der Waals surface area contributed by atoms with Gasteiger partial charge in [0.15, 0.2) is 0 Å². The number of amides is 1. The zero-order valence-corrected chi connectivity index (χ0v) is 15.3. The number of nitrogens with zero attached hydrogens (tertiary/aromatic N) is 1. The number of nitro benzene ring substituents is 1. The third kappa shape index (κ3) is 5.32. The van der Waals surface area contributed by atoms with Crippen LogP contribution < -0.4 is 5.32 Å². The summed E-state index contributed by atoms with van der Waals surface area (Å²) in [6.07, 6.45) is 0. The first kappa shape index (κ1) is 19.5. The van der Waals surface area contributed by atoms with E-state index in [2.05, 4.69) is 5.32 Å². The number of nitrogens with one attached hydrogen (secondary N) is 1. The van der Waals surface area contributed by atoms with Crippen molar-refractivity contribution in [1.29, 1.82) is 0 Å². The predicted octanol–water partition coefficient (Wildman–Crippen LogP) is 5.01. The van der Waals surface area contributed by atoms with Crippen molar-refractivity contribution in [3.05, 3.63) is 67.9 Å². The summed E-state index contributed by atoms with van der Waals surface area (Å²) < 4.78 is 13.6. The topological polar surface area (TPSA) is 72.2 Å². The Morgan fingerprint density at radius 1 is 1.28 bits per heavy atom. The normalized spacial score (nSPS) is 11.8. The molecule has 0 aromatic heterocycles. The lowest BCUT2D eigenvalue weighted by Gasteiger charge is -2.16. The van der Waals surface area contributed by atoms with Gasteiger partial charge in [0.2, 0.25) is 5.91 Å². The van der Waals surface area contributed by atoms with E-state index in [0.717, 1.165) is 4.90 Å². The summed E-state index contributed by atoms with van der Waals surface area (Å²) in [6, 6.07) is 7.89. The number of nitro groups is 1. The Morgan fingerprint density at radius 3 is 2.52 bits per heavy atom. The molecule has 25 heavy (non-hydrogen) atoms. The molecule has 0 aliphatic heterocycles. The SMILES string of the molecule is C[C@@H](NC(=O)CSc1ccc([N+](=O)[O-])cc1)c1cc(F)c(Cl)cc1Cl. The Hall–Kier alpha value is -1.83. The number of hydrogen-bond donors (Lipinski definition) is 1. The summed E-state index contributed by atoms with van der Waals surface area (Å²) in [5, 5.41) is 13.5. The molecule has 1 amide bonds. The largest absolute Gasteiger partial charge is 0.349 e. The molecule has 2 aromatic rings. The molecule has 0 bridgehead atoms. The van der Waals surface area contributed by atoms with E-state index in [9.17, 15) is 19.3 Å². The minimum absolute atomic E-state index is 0.0122. The molecule has 9 heteroatoms. The van der Waals surface area contributed by atoms with Crippen molar-refractivity contribution in [1.82, 2.24) is 5.32 Å². The van der Waals surface area contributed by atoms with Gasteiger partial charge in [-0.05, 0) is 36.8 Å². The van der Waals surface area contributed by atoms with Gasteiger partial charge < -0.3 is 5.32 Å². The van der Waals surface area contributed by atoms with E-state index in [1.807, 2.05) is 0 Å². The zero-order chi connectivity index (χ0) is 18.6. The average Bonchev–Trinajstić information content (AvgIpc) is 2.56. The highest BCUT2D eigenvalue weighted by molar-refractivity contribution is 8.00. The Kier molecular flexibility index (Phi) is 6.64. The van der Waals surface area contributed by atoms with Gasteiger partial charge in [-0.2, -0.15) is 0 Å². The van der Waals surface area contributed by atoms with Gasteiger partial charge in [0, 0.05) is 22.1 Å². The number of halogens is 3. The van der Waals surface area contributed by atoms with Gasteiger partial charge in [-0.15, -0.1) is 11.8 Å². The number of carbonyl (C=O) groups excluding carboxylic acids is 1. The van der Waals surface area contributed by atoms with Gasteiger partial charge in [-0.25, -0.2) is 4.39 Å². The number of hydrogen-bond acceptors (Lipinski definition) is 4. The van der Waals surface area contributed by atoms with E-state index in [1.54, 1.807) is 19.1 Å². The lowest BCUT2D eigenvalue weighted by molar-refractivity contribution is -0.384. The van der Waals surface area contributed by atoms with Gasteiger partial charge in [-0.1, -0.05) is 23.2 Å². The molecule has 0 unspecified atom stereocenters. The first-order chi connectivity index (χ1) is 11.8. The smallest absolute Gasteiger partial charge is 0.269 e. The summed E-state index contributed by atoms with van der Waals surface area (Å²) in [6.45, 7) is 1.68. The molecule has 0 saturated carbocycles. The molecule has 132 valence electrons. The van der Waals surface area contributed by atoms with E-state index in [4.69, 9.17) is 23.2 Å². The van der Waals surface area contributed by atoms with Crippen molar-refractivity contribution in [3.63, 3.8) is 0 Å². The highest BCUT2D eigenvalue weighted by atomic mass is 35.5. The van der Waals surface area contributed by atoms with Gasteiger partial charge in [0.05, 0.1) is 21.7 Å². The molecule has 0 saturated heterocycles. The standard InChI is InChI=1S/C16H13Cl2FN2O3S/c1-9(12-6-15(19)14(18)7-13(12)17)20-16(22)8-25-11-4-2-10(3-5-11)21(23)24/h2-7,9H,8H2,1H3,(H,20,22)/t9-/m1/s1. The Labute approximate surface area is 157 Å². The van der Waals surface area contributed by atoms with Crippen molar-refractivity contribution in [3.8, 4) is 0 Å². The van der Waals surface area contributed by atoms with Crippen LogP contribution in [0.2, 0.25) is 10.0 Å². The molecular weight excluding hydrogens is 390 g/mol. The molecular formula is C16H13Cl2FN2O3S. The lowest BCUT2D eigenvalue weighted by atomic mass is 10.1. The number of carbonyl (C=O) groups is 1.